The molecule has 0 spiro atoms. The molecule has 0 saturated heterocycles. The molecule has 8 nitrogen and oxygen atoms in total. The van der Waals surface area contributed by atoms with Crippen molar-refractivity contribution in [2.45, 2.75) is 31.2 Å². The first-order chi connectivity index (χ1) is 13.5. The molecule has 4 rings (SSSR count). The lowest BCUT2D eigenvalue weighted by atomic mass is 9.98. The number of carbonyl (C=O) groups excluding carboxylic acids is 1. The van der Waals surface area contributed by atoms with Gasteiger partial charge < -0.3 is 5.32 Å². The van der Waals surface area contributed by atoms with E-state index < -0.39 is 15.9 Å². The molecule has 3 aromatic rings. The Morgan fingerprint density at radius 1 is 1.25 bits per heavy atom. The third kappa shape index (κ3) is 3.41. The Hall–Kier alpha value is -3.04. The monoisotopic (exact) mass is 396 g/mol. The van der Waals surface area contributed by atoms with Gasteiger partial charge in [-0.25, -0.2) is 14.1 Å². The van der Waals surface area contributed by atoms with Gasteiger partial charge in [0, 0.05) is 17.0 Å². The van der Waals surface area contributed by atoms with Gasteiger partial charge in [0.15, 0.2) is 9.92 Å². The van der Waals surface area contributed by atoms with Crippen molar-refractivity contribution in [2.24, 2.45) is 9.50 Å². The minimum atomic E-state index is -3.41. The molecule has 28 heavy (non-hydrogen) atoms. The van der Waals surface area contributed by atoms with Crippen molar-refractivity contribution in [2.75, 3.05) is 5.32 Å². The number of benzene rings is 1. The first-order valence-corrected chi connectivity index (χ1v) is 10.5. The highest BCUT2D eigenvalue weighted by atomic mass is 32.2. The lowest BCUT2D eigenvalue weighted by Crippen LogP contribution is -2.19. The van der Waals surface area contributed by atoms with Crippen LogP contribution in [0.15, 0.2) is 52.0 Å². The van der Waals surface area contributed by atoms with Crippen LogP contribution in [-0.4, -0.2) is 25.4 Å². The summed E-state index contributed by atoms with van der Waals surface area (Å²) in [5.41, 5.74) is 5.26. The molecule has 9 heteroatoms. The van der Waals surface area contributed by atoms with Crippen LogP contribution in [0.4, 0.5) is 10.5 Å². The molecule has 0 saturated carbocycles. The van der Waals surface area contributed by atoms with Gasteiger partial charge in [0.2, 0.25) is 0 Å². The molecule has 4 N–H and O–H groups in total. The van der Waals surface area contributed by atoms with E-state index in [1.165, 1.54) is 12.3 Å². The van der Waals surface area contributed by atoms with Gasteiger partial charge in [0.05, 0.1) is 11.9 Å². The number of nitrogens with two attached hydrogens (primary N) is 1. The summed E-state index contributed by atoms with van der Waals surface area (Å²) >= 11 is 0. The molecule has 1 unspecified atom stereocenters. The minimum Gasteiger partial charge on any atom is -0.304 e. The molecular formula is C19H20N6O2S. The molecule has 2 aromatic heterocycles. The highest BCUT2D eigenvalue weighted by Crippen LogP contribution is 2.38. The molecule has 0 radical (unpaired) electrons. The topological polar surface area (TPSA) is 126 Å². The molecule has 1 aromatic carbocycles. The molecule has 2 amide bonds. The zero-order valence-corrected chi connectivity index (χ0v) is 16.1. The maximum absolute atomic E-state index is 12.6. The van der Waals surface area contributed by atoms with Crippen LogP contribution in [0.5, 0.6) is 0 Å². The van der Waals surface area contributed by atoms with Crippen LogP contribution in [0, 0.1) is 6.92 Å². The number of rotatable bonds is 3. The Balaban J connectivity index is 1.79. The molecule has 2 heterocycles. The van der Waals surface area contributed by atoms with Crippen LogP contribution in [0.1, 0.15) is 23.4 Å². The van der Waals surface area contributed by atoms with Gasteiger partial charge in [-0.15, -0.1) is 4.36 Å². The van der Waals surface area contributed by atoms with Crippen molar-refractivity contribution in [3.05, 3.63) is 59.5 Å². The predicted octanol–water partition coefficient (Wildman–Crippen LogP) is 3.20. The van der Waals surface area contributed by atoms with Gasteiger partial charge in [-0.1, -0.05) is 30.3 Å². The van der Waals surface area contributed by atoms with Gasteiger partial charge in [-0.2, -0.15) is 5.10 Å². The highest BCUT2D eigenvalue weighted by Gasteiger charge is 2.24. The fraction of sp³-hybridized carbons (Fsp3) is 0.211. The molecule has 1 aliphatic rings. The maximum atomic E-state index is 12.6. The van der Waals surface area contributed by atoms with Gasteiger partial charge in [0.25, 0.3) is 0 Å². The van der Waals surface area contributed by atoms with Crippen LogP contribution in [-0.2, 0) is 22.8 Å². The second-order valence-corrected chi connectivity index (χ2v) is 8.36. The van der Waals surface area contributed by atoms with E-state index >= 15 is 0 Å². The lowest BCUT2D eigenvalue weighted by molar-refractivity contribution is 0.260. The summed E-state index contributed by atoms with van der Waals surface area (Å²) in [5.74, 6) is 0. The Kier molecular flexibility index (Phi) is 4.70. The number of pyridine rings is 1. The van der Waals surface area contributed by atoms with Crippen molar-refractivity contribution in [1.29, 1.82) is 0 Å². The highest BCUT2D eigenvalue weighted by molar-refractivity contribution is 7.91. The summed E-state index contributed by atoms with van der Waals surface area (Å²) in [6, 6.07) is 10.4. The Bertz CT molecular complexity index is 1150. The summed E-state index contributed by atoms with van der Waals surface area (Å²) in [4.78, 5) is 17.4. The summed E-state index contributed by atoms with van der Waals surface area (Å²) < 4.78 is 16.3. The largest absolute Gasteiger partial charge is 0.354 e. The third-order valence-electron chi connectivity index (χ3n) is 4.71. The molecule has 0 fully saturated rings. The number of carbonyl (C=O) groups is 1. The number of H-pyrrole nitrogens is 1. The van der Waals surface area contributed by atoms with E-state index in [9.17, 15) is 9.00 Å². The van der Waals surface area contributed by atoms with Crippen molar-refractivity contribution in [3.8, 4) is 11.1 Å². The number of urea groups is 1. The second-order valence-electron chi connectivity index (χ2n) is 6.60. The average Bonchev–Trinajstić information content (AvgIpc) is 3.34. The fourth-order valence-electron chi connectivity index (χ4n) is 3.51. The number of aromatic amines is 1. The zero-order chi connectivity index (χ0) is 19.7. The smallest absolute Gasteiger partial charge is 0.304 e. The molecule has 0 aliphatic heterocycles. The number of fused-ring (bicyclic) bond motifs is 1. The van der Waals surface area contributed by atoms with E-state index in [-0.39, 0.29) is 5.03 Å². The first kappa shape index (κ1) is 18.3. The van der Waals surface area contributed by atoms with Gasteiger partial charge in [0.1, 0.15) is 5.03 Å². The number of aromatic nitrogens is 3. The summed E-state index contributed by atoms with van der Waals surface area (Å²) in [6.45, 7) is 1.92. The standard InChI is InChI=1S/C19H20N6O2S/c1-12-17(13-6-3-2-4-7-13)18(14-8-5-9-15(14)22-12)23-19(26)25-28(20,27)16-10-11-21-24-16/h2-4,6-7,10-11H,5,8-9H2,1H3,(H,21,24)(H3,20,22,23,25,26,27). The second kappa shape index (κ2) is 7.17. The SMILES string of the molecule is Cc1nc2c(c(NC(=O)N=S(N)(=O)c3ccn[nH]3)c1-c1ccccc1)CCC2. The number of nitrogens with one attached hydrogen (secondary N) is 2. The number of hydrogen-bond acceptors (Lipinski definition) is 4. The number of hydrogen-bond donors (Lipinski definition) is 3. The Morgan fingerprint density at radius 3 is 2.75 bits per heavy atom. The molecular weight excluding hydrogens is 376 g/mol. The summed E-state index contributed by atoms with van der Waals surface area (Å²) in [5, 5.41) is 14.9. The van der Waals surface area contributed by atoms with Crippen molar-refractivity contribution in [3.63, 3.8) is 0 Å². The molecule has 0 bridgehead atoms. The van der Waals surface area contributed by atoms with Crippen molar-refractivity contribution >= 4 is 21.6 Å². The molecule has 1 aliphatic carbocycles. The quantitative estimate of drug-likeness (QED) is 0.628. The van der Waals surface area contributed by atoms with Crippen LogP contribution < -0.4 is 10.5 Å². The van der Waals surface area contributed by atoms with Gasteiger partial charge in [-0.05, 0) is 43.4 Å². The van der Waals surface area contributed by atoms with E-state index in [2.05, 4.69) is 19.9 Å². The first-order valence-electron chi connectivity index (χ1n) is 8.89. The Morgan fingerprint density at radius 2 is 2.04 bits per heavy atom. The third-order valence-corrected chi connectivity index (χ3v) is 6.00. The fourth-order valence-corrected chi connectivity index (χ4v) is 4.34. The van der Waals surface area contributed by atoms with Crippen molar-refractivity contribution in [1.82, 2.24) is 15.2 Å². The summed E-state index contributed by atoms with van der Waals surface area (Å²) in [6.07, 6.45) is 4.06. The summed E-state index contributed by atoms with van der Waals surface area (Å²) in [7, 11) is -3.41. The van der Waals surface area contributed by atoms with Crippen LogP contribution in [0.3, 0.4) is 0 Å². The Labute approximate surface area is 162 Å². The number of nitrogens with zero attached hydrogens (tertiary/aromatic N) is 3. The van der Waals surface area contributed by atoms with E-state index in [1.54, 1.807) is 0 Å². The van der Waals surface area contributed by atoms with Crippen LogP contribution in [0.25, 0.3) is 11.1 Å². The van der Waals surface area contributed by atoms with Gasteiger partial charge in [-0.3, -0.25) is 10.1 Å². The van der Waals surface area contributed by atoms with E-state index in [4.69, 9.17) is 10.1 Å². The van der Waals surface area contributed by atoms with E-state index in [1.807, 2.05) is 37.3 Å². The van der Waals surface area contributed by atoms with E-state index in [0.717, 1.165) is 47.3 Å². The zero-order valence-electron chi connectivity index (χ0n) is 15.3. The lowest BCUT2D eigenvalue weighted by Gasteiger charge is -2.17. The number of anilines is 1. The minimum absolute atomic E-state index is 0.0991. The number of aryl methyl sites for hydroxylation is 2. The predicted molar refractivity (Wildman–Crippen MR) is 107 cm³/mol. The van der Waals surface area contributed by atoms with Crippen LogP contribution in [0.2, 0.25) is 0 Å². The normalized spacial score (nSPS) is 14.9. The molecule has 144 valence electrons. The van der Waals surface area contributed by atoms with Gasteiger partial charge >= 0.3 is 6.03 Å². The van der Waals surface area contributed by atoms with Crippen LogP contribution >= 0.6 is 0 Å². The van der Waals surface area contributed by atoms with Crippen molar-refractivity contribution < 1.29 is 9.00 Å². The van der Waals surface area contributed by atoms with E-state index in [0.29, 0.717) is 5.69 Å². The maximum Gasteiger partial charge on any atom is 0.354 e. The number of amides is 2. The average molecular weight is 396 g/mol. The molecule has 1 atom stereocenters.